The number of phenols is 1. The Kier molecular flexibility index (Phi) is 2.26. The van der Waals surface area contributed by atoms with E-state index in [4.69, 9.17) is 0 Å². The fourth-order valence-corrected chi connectivity index (χ4v) is 1.94. The van der Waals surface area contributed by atoms with Crippen molar-refractivity contribution in [1.82, 2.24) is 5.01 Å². The predicted octanol–water partition coefficient (Wildman–Crippen LogP) is 1.36. The monoisotopic (exact) mass is 206 g/mol. The summed E-state index contributed by atoms with van der Waals surface area (Å²) < 4.78 is 0. The summed E-state index contributed by atoms with van der Waals surface area (Å²) in [5.41, 5.74) is 0.679. The van der Waals surface area contributed by atoms with E-state index in [0.29, 0.717) is 12.1 Å². The zero-order valence-corrected chi connectivity index (χ0v) is 8.84. The molecule has 4 heteroatoms. The third-order valence-corrected chi connectivity index (χ3v) is 2.70. The van der Waals surface area contributed by atoms with Crippen LogP contribution in [-0.2, 0) is 4.79 Å². The first-order chi connectivity index (χ1) is 7.11. The van der Waals surface area contributed by atoms with Crippen molar-refractivity contribution >= 4 is 11.6 Å². The van der Waals surface area contributed by atoms with Gasteiger partial charge in [0.1, 0.15) is 5.75 Å². The molecule has 1 aliphatic heterocycles. The van der Waals surface area contributed by atoms with E-state index in [2.05, 4.69) is 0 Å². The van der Waals surface area contributed by atoms with Crippen LogP contribution in [0.25, 0.3) is 0 Å². The van der Waals surface area contributed by atoms with Gasteiger partial charge in [-0.1, -0.05) is 12.1 Å². The third-order valence-electron chi connectivity index (χ3n) is 2.70. The number of nitrogens with zero attached hydrogens (tertiary/aromatic N) is 2. The lowest BCUT2D eigenvalue weighted by atomic mass is 10.2. The van der Waals surface area contributed by atoms with Crippen molar-refractivity contribution in [2.45, 2.75) is 19.4 Å². The predicted molar refractivity (Wildman–Crippen MR) is 57.4 cm³/mol. The van der Waals surface area contributed by atoms with E-state index < -0.39 is 0 Å². The van der Waals surface area contributed by atoms with Gasteiger partial charge in [0.25, 0.3) is 0 Å². The molecule has 4 nitrogen and oxygen atoms in total. The summed E-state index contributed by atoms with van der Waals surface area (Å²) in [7, 11) is 1.72. The minimum Gasteiger partial charge on any atom is -0.506 e. The summed E-state index contributed by atoms with van der Waals surface area (Å²) in [4.78, 5) is 11.5. The third kappa shape index (κ3) is 1.52. The molecule has 1 aliphatic rings. The molecule has 80 valence electrons. The second kappa shape index (κ2) is 3.46. The van der Waals surface area contributed by atoms with Crippen LogP contribution in [0.3, 0.4) is 0 Å². The number of anilines is 1. The van der Waals surface area contributed by atoms with Gasteiger partial charge in [-0.25, -0.2) is 0 Å². The zero-order chi connectivity index (χ0) is 11.0. The minimum atomic E-state index is 0.0748. The summed E-state index contributed by atoms with van der Waals surface area (Å²) in [5.74, 6) is 0.275. The molecule has 0 aliphatic carbocycles. The maximum absolute atomic E-state index is 11.5. The fraction of sp³-hybridized carbons (Fsp3) is 0.364. The van der Waals surface area contributed by atoms with Crippen molar-refractivity contribution in [2.24, 2.45) is 0 Å². The van der Waals surface area contributed by atoms with Gasteiger partial charge in [-0.2, -0.15) is 0 Å². The number of carbonyl (C=O) groups is 1. The normalized spacial score (nSPS) is 21.2. The molecule has 1 N–H and O–H groups in total. The molecule has 0 spiro atoms. The first-order valence-corrected chi connectivity index (χ1v) is 4.95. The van der Waals surface area contributed by atoms with E-state index in [1.54, 1.807) is 30.3 Å². The molecular weight excluding hydrogens is 192 g/mol. The molecule has 1 unspecified atom stereocenters. The van der Waals surface area contributed by atoms with E-state index in [1.807, 2.05) is 18.0 Å². The van der Waals surface area contributed by atoms with Gasteiger partial charge in [0, 0.05) is 7.05 Å². The van der Waals surface area contributed by atoms with Crippen LogP contribution < -0.4 is 5.01 Å². The summed E-state index contributed by atoms with van der Waals surface area (Å²) in [6, 6.07) is 7.13. The molecule has 0 bridgehead atoms. The van der Waals surface area contributed by atoms with Gasteiger partial charge < -0.3 is 5.11 Å². The number of amides is 1. The largest absolute Gasteiger partial charge is 0.506 e. The van der Waals surface area contributed by atoms with Crippen molar-refractivity contribution in [3.63, 3.8) is 0 Å². The number of aromatic hydroxyl groups is 1. The number of phenolic OH excluding ortho intramolecular Hbond substituents is 1. The van der Waals surface area contributed by atoms with Crippen LogP contribution in [0.4, 0.5) is 5.69 Å². The standard InChI is InChI=1S/C11H14N2O2/c1-8-7-11(15)12(2)13(8)9-5-3-4-6-10(9)14/h3-6,8,14H,7H2,1-2H3. The van der Waals surface area contributed by atoms with Crippen LogP contribution in [-0.4, -0.2) is 29.1 Å². The molecule has 0 aromatic heterocycles. The first-order valence-electron chi connectivity index (χ1n) is 4.95. The van der Waals surface area contributed by atoms with Crippen LogP contribution >= 0.6 is 0 Å². The Morgan fingerprint density at radius 1 is 1.40 bits per heavy atom. The van der Waals surface area contributed by atoms with Crippen LogP contribution in [0.5, 0.6) is 5.75 Å². The highest BCUT2D eigenvalue weighted by Gasteiger charge is 2.33. The summed E-state index contributed by atoms with van der Waals surface area (Å²) in [5, 5.41) is 13.1. The van der Waals surface area contributed by atoms with Crippen LogP contribution in [0, 0.1) is 0 Å². The number of hydrogen-bond acceptors (Lipinski definition) is 3. The molecule has 0 radical (unpaired) electrons. The van der Waals surface area contributed by atoms with Crippen LogP contribution in [0.1, 0.15) is 13.3 Å². The lowest BCUT2D eigenvalue weighted by Crippen LogP contribution is -2.38. The Bertz CT molecular complexity index is 392. The lowest BCUT2D eigenvalue weighted by molar-refractivity contribution is -0.126. The molecule has 1 aromatic rings. The number of hydrazine groups is 1. The Balaban J connectivity index is 2.39. The average Bonchev–Trinajstić information content (AvgIpc) is 2.43. The number of carbonyl (C=O) groups excluding carboxylic acids is 1. The molecule has 15 heavy (non-hydrogen) atoms. The van der Waals surface area contributed by atoms with E-state index in [1.165, 1.54) is 0 Å². The van der Waals surface area contributed by atoms with Crippen molar-refractivity contribution in [3.05, 3.63) is 24.3 Å². The van der Waals surface area contributed by atoms with Gasteiger partial charge in [-0.15, -0.1) is 0 Å². The molecule has 1 amide bonds. The van der Waals surface area contributed by atoms with Gasteiger partial charge in [0.2, 0.25) is 5.91 Å². The van der Waals surface area contributed by atoms with Crippen molar-refractivity contribution in [3.8, 4) is 5.75 Å². The zero-order valence-electron chi connectivity index (χ0n) is 8.84. The van der Waals surface area contributed by atoms with Gasteiger partial charge in [-0.3, -0.25) is 14.8 Å². The van der Waals surface area contributed by atoms with E-state index >= 15 is 0 Å². The Morgan fingerprint density at radius 3 is 2.60 bits per heavy atom. The molecule has 0 saturated carbocycles. The second-order valence-corrected chi connectivity index (χ2v) is 3.80. The maximum atomic E-state index is 11.5. The highest BCUT2D eigenvalue weighted by atomic mass is 16.3. The molecule has 2 rings (SSSR count). The summed E-state index contributed by atoms with van der Waals surface area (Å²) in [6.07, 6.45) is 0.491. The lowest BCUT2D eigenvalue weighted by Gasteiger charge is -2.30. The molecule has 1 fully saturated rings. The van der Waals surface area contributed by atoms with Gasteiger partial charge >= 0.3 is 0 Å². The first kappa shape index (κ1) is 9.83. The van der Waals surface area contributed by atoms with E-state index in [9.17, 15) is 9.90 Å². The summed E-state index contributed by atoms with van der Waals surface area (Å²) >= 11 is 0. The SMILES string of the molecule is CC1CC(=O)N(C)N1c1ccccc1O. The number of hydrogen-bond donors (Lipinski definition) is 1. The quantitative estimate of drug-likeness (QED) is 0.754. The summed E-state index contributed by atoms with van der Waals surface area (Å²) in [6.45, 7) is 1.97. The maximum Gasteiger partial charge on any atom is 0.242 e. The Labute approximate surface area is 88.7 Å². The molecule has 1 heterocycles. The number of para-hydroxylation sites is 2. The van der Waals surface area contributed by atoms with Gasteiger partial charge in [0.15, 0.2) is 0 Å². The van der Waals surface area contributed by atoms with Crippen molar-refractivity contribution in [2.75, 3.05) is 12.1 Å². The number of benzene rings is 1. The fourth-order valence-electron chi connectivity index (χ4n) is 1.94. The van der Waals surface area contributed by atoms with Crippen LogP contribution in [0.2, 0.25) is 0 Å². The van der Waals surface area contributed by atoms with Crippen molar-refractivity contribution < 1.29 is 9.90 Å². The van der Waals surface area contributed by atoms with Crippen molar-refractivity contribution in [1.29, 1.82) is 0 Å². The number of rotatable bonds is 1. The van der Waals surface area contributed by atoms with Gasteiger partial charge in [-0.05, 0) is 19.1 Å². The van der Waals surface area contributed by atoms with Gasteiger partial charge in [0.05, 0.1) is 18.2 Å². The van der Waals surface area contributed by atoms with E-state index in [0.717, 1.165) is 0 Å². The minimum absolute atomic E-state index is 0.0748. The molecular formula is C11H14N2O2. The highest BCUT2D eigenvalue weighted by molar-refractivity contribution is 5.83. The molecule has 1 saturated heterocycles. The highest BCUT2D eigenvalue weighted by Crippen LogP contribution is 2.32. The Morgan fingerprint density at radius 2 is 2.07 bits per heavy atom. The van der Waals surface area contributed by atoms with Crippen LogP contribution in [0.15, 0.2) is 24.3 Å². The molecule has 1 atom stereocenters. The second-order valence-electron chi connectivity index (χ2n) is 3.80. The smallest absolute Gasteiger partial charge is 0.242 e. The Hall–Kier alpha value is -1.71. The topological polar surface area (TPSA) is 43.8 Å². The average molecular weight is 206 g/mol. The molecule has 1 aromatic carbocycles. The van der Waals surface area contributed by atoms with E-state index in [-0.39, 0.29) is 17.7 Å².